The Morgan fingerprint density at radius 1 is 1.12 bits per heavy atom. The summed E-state index contributed by atoms with van der Waals surface area (Å²) < 4.78 is 5.41. The molecule has 32 heavy (non-hydrogen) atoms. The summed E-state index contributed by atoms with van der Waals surface area (Å²) in [7, 11) is 0. The van der Waals surface area contributed by atoms with Crippen LogP contribution in [0.4, 0.5) is 11.4 Å². The van der Waals surface area contributed by atoms with Gasteiger partial charge in [0.1, 0.15) is 5.76 Å². The lowest BCUT2D eigenvalue weighted by Crippen LogP contribution is -2.47. The maximum Gasteiger partial charge on any atom is 0.280 e. The predicted octanol–water partition coefficient (Wildman–Crippen LogP) is 5.41. The van der Waals surface area contributed by atoms with Gasteiger partial charge in [-0.15, -0.1) is 0 Å². The summed E-state index contributed by atoms with van der Waals surface area (Å²) in [6, 6.07) is 18.9. The molecule has 0 bridgehead atoms. The van der Waals surface area contributed by atoms with Crippen LogP contribution in [0.1, 0.15) is 62.0 Å². The van der Waals surface area contributed by atoms with Gasteiger partial charge in [0.15, 0.2) is 5.69 Å². The Kier molecular flexibility index (Phi) is 6.12. The summed E-state index contributed by atoms with van der Waals surface area (Å²) >= 11 is 0. The summed E-state index contributed by atoms with van der Waals surface area (Å²) in [5, 5.41) is 4.05. The highest BCUT2D eigenvalue weighted by Gasteiger charge is 2.38. The zero-order valence-electron chi connectivity index (χ0n) is 19.0. The Morgan fingerprint density at radius 2 is 1.81 bits per heavy atom. The number of anilines is 2. The highest BCUT2D eigenvalue weighted by Crippen LogP contribution is 2.42. The van der Waals surface area contributed by atoms with Crippen LogP contribution in [0.25, 0.3) is 0 Å². The van der Waals surface area contributed by atoms with E-state index in [9.17, 15) is 9.59 Å². The average molecular weight is 432 g/mol. The van der Waals surface area contributed by atoms with Gasteiger partial charge in [0.05, 0.1) is 6.04 Å². The largest absolute Gasteiger partial charge is 0.361 e. The number of aromatic nitrogens is 1. The molecular formula is C26H29N3O3. The Labute approximate surface area is 188 Å². The van der Waals surface area contributed by atoms with Crippen molar-refractivity contribution in [2.45, 2.75) is 52.6 Å². The molecule has 0 N–H and O–H groups in total. The van der Waals surface area contributed by atoms with Gasteiger partial charge in [0, 0.05) is 36.8 Å². The highest BCUT2D eigenvalue weighted by atomic mass is 16.5. The number of carbonyl (C=O) groups is 2. The van der Waals surface area contributed by atoms with Crippen LogP contribution in [0, 0.1) is 5.92 Å². The van der Waals surface area contributed by atoms with E-state index in [1.165, 1.54) is 0 Å². The molecule has 0 saturated carbocycles. The van der Waals surface area contributed by atoms with Crippen LogP contribution in [-0.4, -0.2) is 23.0 Å². The molecule has 166 valence electrons. The molecule has 0 radical (unpaired) electrons. The number of rotatable bonds is 5. The standard InChI is InChI=1S/C26H29N3O3/c1-17(2)14-21-16-23(27-32-21)26(31)28-18(3)15-25(22-12-8-9-13-24(22)28)29(19(4)30)20-10-6-5-7-11-20/h5-13,16-18,25H,14-15H2,1-4H3/t18-,25+/m1/s1. The lowest BCUT2D eigenvalue weighted by Gasteiger charge is -2.43. The van der Waals surface area contributed by atoms with Crippen molar-refractivity contribution in [1.82, 2.24) is 5.16 Å². The second-order valence-electron chi connectivity index (χ2n) is 8.84. The molecule has 1 aliphatic rings. The van der Waals surface area contributed by atoms with Crippen molar-refractivity contribution in [3.63, 3.8) is 0 Å². The third-order valence-corrected chi connectivity index (χ3v) is 5.85. The van der Waals surface area contributed by atoms with E-state index in [1.807, 2.05) is 66.4 Å². The van der Waals surface area contributed by atoms with Crippen molar-refractivity contribution in [3.05, 3.63) is 77.7 Å². The first-order valence-corrected chi connectivity index (χ1v) is 11.1. The highest BCUT2D eigenvalue weighted by molar-refractivity contribution is 6.06. The summed E-state index contributed by atoms with van der Waals surface area (Å²) in [6.45, 7) is 7.80. The molecule has 2 heterocycles. The Balaban J connectivity index is 1.72. The lowest BCUT2D eigenvalue weighted by molar-refractivity contribution is -0.117. The van der Waals surface area contributed by atoms with Gasteiger partial charge in [-0.3, -0.25) is 9.59 Å². The van der Waals surface area contributed by atoms with Crippen molar-refractivity contribution >= 4 is 23.2 Å². The first-order chi connectivity index (χ1) is 15.4. The number of hydrogen-bond acceptors (Lipinski definition) is 4. The minimum absolute atomic E-state index is 0.0298. The molecule has 0 aliphatic carbocycles. The quantitative estimate of drug-likeness (QED) is 0.542. The Hall–Kier alpha value is -3.41. The van der Waals surface area contributed by atoms with Crippen molar-refractivity contribution in [2.24, 2.45) is 5.92 Å². The second kappa shape index (κ2) is 8.99. The number of nitrogens with zero attached hydrogens (tertiary/aromatic N) is 3. The number of amides is 2. The number of hydrogen-bond donors (Lipinski definition) is 0. The van der Waals surface area contributed by atoms with Gasteiger partial charge in [-0.25, -0.2) is 0 Å². The fourth-order valence-corrected chi connectivity index (χ4v) is 4.54. The van der Waals surface area contributed by atoms with E-state index < -0.39 is 0 Å². The van der Waals surface area contributed by atoms with E-state index >= 15 is 0 Å². The molecule has 6 heteroatoms. The fraction of sp³-hybridized carbons (Fsp3) is 0.346. The van der Waals surface area contributed by atoms with E-state index in [1.54, 1.807) is 17.9 Å². The van der Waals surface area contributed by atoms with E-state index in [-0.39, 0.29) is 23.9 Å². The van der Waals surface area contributed by atoms with E-state index in [4.69, 9.17) is 4.52 Å². The van der Waals surface area contributed by atoms with E-state index in [2.05, 4.69) is 19.0 Å². The van der Waals surface area contributed by atoms with Crippen molar-refractivity contribution < 1.29 is 14.1 Å². The lowest BCUT2D eigenvalue weighted by atomic mass is 9.89. The maximum absolute atomic E-state index is 13.5. The van der Waals surface area contributed by atoms with Gasteiger partial charge in [-0.2, -0.15) is 0 Å². The summed E-state index contributed by atoms with van der Waals surface area (Å²) in [6.07, 6.45) is 1.35. The normalized spacial score (nSPS) is 17.8. The monoisotopic (exact) mass is 431 g/mol. The molecule has 0 fully saturated rings. The number of carbonyl (C=O) groups excluding carboxylic acids is 2. The van der Waals surface area contributed by atoms with Crippen LogP contribution in [0.5, 0.6) is 0 Å². The molecule has 1 aromatic heterocycles. The van der Waals surface area contributed by atoms with Gasteiger partial charge < -0.3 is 14.3 Å². The molecule has 4 rings (SSSR count). The van der Waals surface area contributed by atoms with Crippen molar-refractivity contribution in [2.75, 3.05) is 9.80 Å². The molecule has 3 aromatic rings. The number of benzene rings is 2. The molecule has 0 saturated heterocycles. The first kappa shape index (κ1) is 21.8. The van der Waals surface area contributed by atoms with Crippen LogP contribution in [0.15, 0.2) is 65.2 Å². The zero-order valence-corrected chi connectivity index (χ0v) is 19.0. The molecule has 1 aliphatic heterocycles. The zero-order chi connectivity index (χ0) is 22.8. The molecular weight excluding hydrogens is 402 g/mol. The minimum Gasteiger partial charge on any atom is -0.361 e. The van der Waals surface area contributed by atoms with Crippen LogP contribution in [0.2, 0.25) is 0 Å². The van der Waals surface area contributed by atoms with Gasteiger partial charge >= 0.3 is 0 Å². The minimum atomic E-state index is -0.184. The van der Waals surface area contributed by atoms with E-state index in [0.29, 0.717) is 23.8 Å². The van der Waals surface area contributed by atoms with E-state index in [0.717, 1.165) is 23.4 Å². The summed E-state index contributed by atoms with van der Waals surface area (Å²) in [5.74, 6) is 0.914. The van der Waals surface area contributed by atoms with Crippen LogP contribution >= 0.6 is 0 Å². The van der Waals surface area contributed by atoms with Gasteiger partial charge in [0.25, 0.3) is 5.91 Å². The third-order valence-electron chi connectivity index (χ3n) is 5.85. The Bertz CT molecular complexity index is 1110. The summed E-state index contributed by atoms with van der Waals surface area (Å²) in [5.41, 5.74) is 2.91. The van der Waals surface area contributed by atoms with Crippen LogP contribution in [0.3, 0.4) is 0 Å². The molecule has 0 unspecified atom stereocenters. The SMILES string of the molecule is CC(=O)N(c1ccccc1)[C@H]1C[C@@H](C)N(C(=O)c2cc(CC(C)C)on2)c2ccccc21. The first-order valence-electron chi connectivity index (χ1n) is 11.1. The molecule has 2 aromatic carbocycles. The van der Waals surface area contributed by atoms with Crippen molar-refractivity contribution in [3.8, 4) is 0 Å². The smallest absolute Gasteiger partial charge is 0.280 e. The third kappa shape index (κ3) is 4.17. The van der Waals surface area contributed by atoms with Gasteiger partial charge in [-0.05, 0) is 43.0 Å². The number of fused-ring (bicyclic) bond motifs is 1. The average Bonchev–Trinajstić information content (AvgIpc) is 3.22. The Morgan fingerprint density at radius 3 is 2.50 bits per heavy atom. The second-order valence-corrected chi connectivity index (χ2v) is 8.84. The fourth-order valence-electron chi connectivity index (χ4n) is 4.54. The molecule has 0 spiro atoms. The number of para-hydroxylation sites is 2. The molecule has 2 atom stereocenters. The van der Waals surface area contributed by atoms with Gasteiger partial charge in [-0.1, -0.05) is 55.4 Å². The summed E-state index contributed by atoms with van der Waals surface area (Å²) in [4.78, 5) is 29.8. The molecule has 2 amide bonds. The molecule has 6 nitrogen and oxygen atoms in total. The topological polar surface area (TPSA) is 66.7 Å². The van der Waals surface area contributed by atoms with Gasteiger partial charge in [0.2, 0.25) is 5.91 Å². The predicted molar refractivity (Wildman–Crippen MR) is 125 cm³/mol. The maximum atomic E-state index is 13.5. The van der Waals surface area contributed by atoms with Crippen molar-refractivity contribution in [1.29, 1.82) is 0 Å². The van der Waals surface area contributed by atoms with Crippen LogP contribution in [-0.2, 0) is 11.2 Å². The van der Waals surface area contributed by atoms with Crippen LogP contribution < -0.4 is 9.80 Å².